The van der Waals surface area contributed by atoms with E-state index in [0.29, 0.717) is 22.8 Å². The van der Waals surface area contributed by atoms with E-state index in [9.17, 15) is 4.79 Å². The molecule has 2 heterocycles. The molecule has 0 spiro atoms. The maximum atomic E-state index is 12.0. The summed E-state index contributed by atoms with van der Waals surface area (Å²) in [5, 5.41) is 15.4. The van der Waals surface area contributed by atoms with Gasteiger partial charge in [-0.1, -0.05) is 16.8 Å². The first-order chi connectivity index (χ1) is 10.2. The molecule has 1 amide bonds. The molecule has 0 aliphatic rings. The summed E-state index contributed by atoms with van der Waals surface area (Å²) in [6, 6.07) is 8.68. The molecule has 0 saturated carbocycles. The second kappa shape index (κ2) is 6.07. The second-order valence-electron chi connectivity index (χ2n) is 4.33. The first kappa shape index (κ1) is 13.8. The molecular formula is C14H11ClN4OS. The molecule has 0 radical (unpaired) electrons. The van der Waals surface area contributed by atoms with Gasteiger partial charge in [-0.15, -0.1) is 5.10 Å². The summed E-state index contributed by atoms with van der Waals surface area (Å²) in [5.74, 6) is -0.170. The van der Waals surface area contributed by atoms with E-state index in [2.05, 4.69) is 15.6 Å². The molecule has 0 atom stereocenters. The lowest BCUT2D eigenvalue weighted by molar-refractivity contribution is 0.0950. The third-order valence-corrected chi connectivity index (χ3v) is 3.77. The van der Waals surface area contributed by atoms with Gasteiger partial charge in [0.15, 0.2) is 0 Å². The van der Waals surface area contributed by atoms with E-state index >= 15 is 0 Å². The Morgan fingerprint density at radius 1 is 1.29 bits per heavy atom. The van der Waals surface area contributed by atoms with Gasteiger partial charge in [0.2, 0.25) is 0 Å². The van der Waals surface area contributed by atoms with Crippen LogP contribution in [0.4, 0.5) is 0 Å². The largest absolute Gasteiger partial charge is 0.346 e. The zero-order valence-electron chi connectivity index (χ0n) is 10.9. The van der Waals surface area contributed by atoms with Crippen LogP contribution in [0.25, 0.3) is 5.69 Å². The Labute approximate surface area is 130 Å². The minimum Gasteiger partial charge on any atom is -0.346 e. The molecule has 1 aromatic carbocycles. The molecule has 0 aliphatic carbocycles. The van der Waals surface area contributed by atoms with Crippen LogP contribution in [0, 0.1) is 0 Å². The van der Waals surface area contributed by atoms with Gasteiger partial charge < -0.3 is 5.32 Å². The van der Waals surface area contributed by atoms with Gasteiger partial charge in [-0.3, -0.25) is 4.79 Å². The first-order valence-electron chi connectivity index (χ1n) is 6.20. The van der Waals surface area contributed by atoms with Crippen molar-refractivity contribution in [2.45, 2.75) is 6.54 Å². The number of halogens is 1. The predicted molar refractivity (Wildman–Crippen MR) is 81.9 cm³/mol. The van der Waals surface area contributed by atoms with Crippen molar-refractivity contribution in [3.8, 4) is 5.69 Å². The Balaban J connectivity index is 1.62. The zero-order valence-corrected chi connectivity index (χ0v) is 12.4. The average Bonchev–Trinajstić information content (AvgIpc) is 3.16. The van der Waals surface area contributed by atoms with Crippen LogP contribution in [0.1, 0.15) is 16.1 Å². The van der Waals surface area contributed by atoms with Crippen LogP contribution < -0.4 is 5.32 Å². The lowest BCUT2D eigenvalue weighted by Crippen LogP contribution is -2.22. The van der Waals surface area contributed by atoms with E-state index < -0.39 is 0 Å². The lowest BCUT2D eigenvalue weighted by Gasteiger charge is -2.02. The van der Waals surface area contributed by atoms with E-state index in [1.54, 1.807) is 46.5 Å². The summed E-state index contributed by atoms with van der Waals surface area (Å²) >= 11 is 7.38. The maximum Gasteiger partial charge on any atom is 0.251 e. The zero-order chi connectivity index (χ0) is 14.7. The highest BCUT2D eigenvalue weighted by atomic mass is 35.5. The van der Waals surface area contributed by atoms with E-state index in [1.165, 1.54) is 0 Å². The van der Waals surface area contributed by atoms with Crippen molar-refractivity contribution in [2.24, 2.45) is 0 Å². The predicted octanol–water partition coefficient (Wildman–Crippen LogP) is 2.91. The van der Waals surface area contributed by atoms with Gasteiger partial charge >= 0.3 is 0 Å². The van der Waals surface area contributed by atoms with Crippen molar-refractivity contribution in [1.82, 2.24) is 20.3 Å². The summed E-state index contributed by atoms with van der Waals surface area (Å²) in [7, 11) is 0. The number of carbonyl (C=O) groups is 1. The molecule has 1 N–H and O–H groups in total. The Morgan fingerprint density at radius 2 is 2.10 bits per heavy atom. The van der Waals surface area contributed by atoms with E-state index in [1.807, 2.05) is 16.8 Å². The number of amides is 1. The van der Waals surface area contributed by atoms with Crippen molar-refractivity contribution in [2.75, 3.05) is 0 Å². The molecule has 106 valence electrons. The minimum atomic E-state index is -0.170. The average molecular weight is 319 g/mol. The van der Waals surface area contributed by atoms with Crippen molar-refractivity contribution in [3.63, 3.8) is 0 Å². The van der Waals surface area contributed by atoms with Crippen LogP contribution in [0.5, 0.6) is 0 Å². The summed E-state index contributed by atoms with van der Waals surface area (Å²) in [6.07, 6.45) is 1.80. The summed E-state index contributed by atoms with van der Waals surface area (Å²) < 4.78 is 1.68. The van der Waals surface area contributed by atoms with Crippen LogP contribution in [-0.2, 0) is 6.54 Å². The normalized spacial score (nSPS) is 10.5. The number of aromatic nitrogens is 3. The standard InChI is InChI=1S/C14H11ClN4OS/c15-11-3-1-10(2-4-11)14(20)16-7-12-8-19(18-17-12)13-5-6-21-9-13/h1-6,8-9H,7H2,(H,16,20). The Hall–Kier alpha value is -2.18. The molecule has 21 heavy (non-hydrogen) atoms. The first-order valence-corrected chi connectivity index (χ1v) is 7.52. The Morgan fingerprint density at radius 3 is 2.81 bits per heavy atom. The van der Waals surface area contributed by atoms with Gasteiger partial charge in [0, 0.05) is 16.0 Å². The number of hydrogen-bond acceptors (Lipinski definition) is 4. The minimum absolute atomic E-state index is 0.170. The molecule has 0 unspecified atom stereocenters. The van der Waals surface area contributed by atoms with Crippen LogP contribution in [0.15, 0.2) is 47.3 Å². The summed E-state index contributed by atoms with van der Waals surface area (Å²) in [6.45, 7) is 0.325. The number of nitrogens with one attached hydrogen (secondary N) is 1. The molecule has 0 fully saturated rings. The maximum absolute atomic E-state index is 12.0. The lowest BCUT2D eigenvalue weighted by atomic mass is 10.2. The molecule has 7 heteroatoms. The van der Waals surface area contributed by atoms with E-state index in [0.717, 1.165) is 5.69 Å². The topological polar surface area (TPSA) is 59.8 Å². The summed E-state index contributed by atoms with van der Waals surface area (Å²) in [4.78, 5) is 12.0. The van der Waals surface area contributed by atoms with Gasteiger partial charge in [0.1, 0.15) is 5.69 Å². The SMILES string of the molecule is O=C(NCc1cn(-c2ccsc2)nn1)c1ccc(Cl)cc1. The van der Waals surface area contributed by atoms with Crippen molar-refractivity contribution < 1.29 is 4.79 Å². The molecule has 0 aliphatic heterocycles. The quantitative estimate of drug-likeness (QED) is 0.804. The highest BCUT2D eigenvalue weighted by Crippen LogP contribution is 2.11. The summed E-state index contributed by atoms with van der Waals surface area (Å²) in [5.41, 5.74) is 2.22. The number of hydrogen-bond donors (Lipinski definition) is 1. The number of thiophene rings is 1. The van der Waals surface area contributed by atoms with E-state index in [4.69, 9.17) is 11.6 Å². The highest BCUT2D eigenvalue weighted by molar-refractivity contribution is 7.08. The third-order valence-electron chi connectivity index (χ3n) is 2.85. The van der Waals surface area contributed by atoms with Gasteiger partial charge in [-0.25, -0.2) is 4.68 Å². The number of nitrogens with zero attached hydrogens (tertiary/aromatic N) is 3. The molecule has 3 rings (SSSR count). The van der Waals surface area contributed by atoms with Crippen molar-refractivity contribution in [3.05, 3.63) is 63.6 Å². The third kappa shape index (κ3) is 3.29. The fourth-order valence-corrected chi connectivity index (χ4v) is 2.52. The Kier molecular flexibility index (Phi) is 3.98. The fraction of sp³-hybridized carbons (Fsp3) is 0.0714. The van der Waals surface area contributed by atoms with E-state index in [-0.39, 0.29) is 5.91 Å². The van der Waals surface area contributed by atoms with Crippen molar-refractivity contribution in [1.29, 1.82) is 0 Å². The molecule has 0 bridgehead atoms. The number of benzene rings is 1. The van der Waals surface area contributed by atoms with Crippen molar-refractivity contribution >= 4 is 28.8 Å². The van der Waals surface area contributed by atoms with Crippen LogP contribution in [0.3, 0.4) is 0 Å². The number of rotatable bonds is 4. The highest BCUT2D eigenvalue weighted by Gasteiger charge is 2.07. The molecule has 5 nitrogen and oxygen atoms in total. The van der Waals surface area contributed by atoms with Gasteiger partial charge in [0.25, 0.3) is 5.91 Å². The molecule has 0 saturated heterocycles. The van der Waals surface area contributed by atoms with Crippen LogP contribution in [0.2, 0.25) is 5.02 Å². The van der Waals surface area contributed by atoms with Crippen LogP contribution >= 0.6 is 22.9 Å². The van der Waals surface area contributed by atoms with Gasteiger partial charge in [0.05, 0.1) is 18.4 Å². The van der Waals surface area contributed by atoms with Gasteiger partial charge in [-0.2, -0.15) is 11.3 Å². The fourth-order valence-electron chi connectivity index (χ4n) is 1.77. The van der Waals surface area contributed by atoms with Crippen LogP contribution in [-0.4, -0.2) is 20.9 Å². The molecular weight excluding hydrogens is 308 g/mol. The molecule has 3 aromatic rings. The Bertz CT molecular complexity index is 737. The molecule has 2 aromatic heterocycles. The second-order valence-corrected chi connectivity index (χ2v) is 5.54. The number of carbonyl (C=O) groups excluding carboxylic acids is 1. The monoisotopic (exact) mass is 318 g/mol. The smallest absolute Gasteiger partial charge is 0.251 e. The van der Waals surface area contributed by atoms with Gasteiger partial charge in [-0.05, 0) is 35.7 Å².